The molecule has 7 nitrogen and oxygen atoms in total. The van der Waals surface area contributed by atoms with E-state index in [1.165, 1.54) is 0 Å². The van der Waals surface area contributed by atoms with Gasteiger partial charge in [0.2, 0.25) is 0 Å². The number of hydrogen-bond acceptors (Lipinski definition) is 7. The van der Waals surface area contributed by atoms with Crippen LogP contribution in [-0.4, -0.2) is 90.9 Å². The Labute approximate surface area is 184 Å². The van der Waals surface area contributed by atoms with Gasteiger partial charge in [0.1, 0.15) is 18.0 Å². The van der Waals surface area contributed by atoms with Crippen LogP contribution in [-0.2, 0) is 18.9 Å². The van der Waals surface area contributed by atoms with E-state index in [2.05, 4.69) is 18.7 Å². The number of ether oxygens (including phenoxy) is 4. The Morgan fingerprint density at radius 3 is 2.68 bits per heavy atom. The number of aliphatic hydroxyl groups is 2. The van der Waals surface area contributed by atoms with E-state index in [-0.39, 0.29) is 59.5 Å². The van der Waals surface area contributed by atoms with Crippen LogP contribution in [0, 0.1) is 34.5 Å². The van der Waals surface area contributed by atoms with Gasteiger partial charge in [-0.15, -0.1) is 0 Å². The van der Waals surface area contributed by atoms with E-state index >= 15 is 0 Å². The van der Waals surface area contributed by atoms with Crippen LogP contribution >= 0.6 is 0 Å². The maximum absolute atomic E-state index is 12.3. The van der Waals surface area contributed by atoms with Gasteiger partial charge in [0.05, 0.1) is 30.5 Å². The number of rotatable bonds is 3. The van der Waals surface area contributed by atoms with Crippen LogP contribution in [0.4, 0.5) is 0 Å². The summed E-state index contributed by atoms with van der Waals surface area (Å²) < 4.78 is 25.7. The number of piperidine rings is 1. The van der Waals surface area contributed by atoms with Crippen molar-refractivity contribution in [1.82, 2.24) is 4.90 Å². The van der Waals surface area contributed by atoms with E-state index in [0.717, 1.165) is 32.4 Å². The Morgan fingerprint density at radius 2 is 1.97 bits per heavy atom. The van der Waals surface area contributed by atoms with Crippen LogP contribution in [0.15, 0.2) is 0 Å². The minimum Gasteiger partial charge on any atom is -0.393 e. The summed E-state index contributed by atoms with van der Waals surface area (Å²) in [5.74, 6) is 0.606. The van der Waals surface area contributed by atoms with Gasteiger partial charge in [-0.25, -0.2) is 0 Å². The highest BCUT2D eigenvalue weighted by molar-refractivity contribution is 5.42. The molecule has 7 heteroatoms. The summed E-state index contributed by atoms with van der Waals surface area (Å²) in [6, 6.07) is 0.0358. The summed E-state index contributed by atoms with van der Waals surface area (Å²) in [6.45, 7) is 6.69. The smallest absolute Gasteiger partial charge is 0.148 e. The molecule has 7 bridgehead atoms. The van der Waals surface area contributed by atoms with Gasteiger partial charge in [0, 0.05) is 50.4 Å². The highest BCUT2D eigenvalue weighted by Gasteiger charge is 2.93. The average Bonchev–Trinajstić information content (AvgIpc) is 3.33. The summed E-state index contributed by atoms with van der Waals surface area (Å²) in [5, 5.41) is 23.6. The highest BCUT2D eigenvalue weighted by Crippen LogP contribution is 2.82. The molecule has 2 heterocycles. The third-order valence-electron chi connectivity index (χ3n) is 11.6. The Balaban J connectivity index is 1.57. The summed E-state index contributed by atoms with van der Waals surface area (Å²) in [4.78, 5) is 2.59. The standard InChI is InChI=1S/C24H37NO6/c1-5-25-10-21(2)7-6-15(28-3)23-13-8-12-14(26)9-22(16(13)17(12)29-4)24(20(23)25,31-11-30-22)19(27)18(21)23/h12-20,26-27H,5-11H2,1-4H3. The first-order valence-corrected chi connectivity index (χ1v) is 12.3. The summed E-state index contributed by atoms with van der Waals surface area (Å²) in [6.07, 6.45) is 2.38. The van der Waals surface area contributed by atoms with Crippen molar-refractivity contribution < 1.29 is 29.2 Å². The predicted molar refractivity (Wildman–Crippen MR) is 110 cm³/mol. The molecule has 7 rings (SSSR count). The second-order valence-electron chi connectivity index (χ2n) is 11.9. The molecule has 0 radical (unpaired) electrons. The molecule has 0 aromatic rings. The lowest BCUT2D eigenvalue weighted by Gasteiger charge is -2.69. The van der Waals surface area contributed by atoms with Crippen molar-refractivity contribution in [2.24, 2.45) is 34.5 Å². The van der Waals surface area contributed by atoms with E-state index < -0.39 is 23.4 Å². The first kappa shape index (κ1) is 20.1. The Kier molecular flexibility index (Phi) is 3.80. The number of aliphatic hydroxyl groups excluding tert-OH is 2. The molecule has 174 valence electrons. The van der Waals surface area contributed by atoms with Gasteiger partial charge in [-0.05, 0) is 37.1 Å². The van der Waals surface area contributed by atoms with E-state index in [4.69, 9.17) is 18.9 Å². The second-order valence-corrected chi connectivity index (χ2v) is 11.9. The van der Waals surface area contributed by atoms with Crippen molar-refractivity contribution in [2.75, 3.05) is 34.1 Å². The zero-order valence-electron chi connectivity index (χ0n) is 19.1. The second kappa shape index (κ2) is 5.85. The van der Waals surface area contributed by atoms with Crippen molar-refractivity contribution in [3.63, 3.8) is 0 Å². The molecular formula is C24H37NO6. The molecule has 5 aliphatic carbocycles. The van der Waals surface area contributed by atoms with Crippen LogP contribution in [0.2, 0.25) is 0 Å². The zero-order chi connectivity index (χ0) is 21.6. The largest absolute Gasteiger partial charge is 0.393 e. The van der Waals surface area contributed by atoms with E-state index in [9.17, 15) is 10.2 Å². The van der Waals surface area contributed by atoms with E-state index in [0.29, 0.717) is 6.42 Å². The van der Waals surface area contributed by atoms with Crippen molar-refractivity contribution in [2.45, 2.75) is 81.2 Å². The fourth-order valence-corrected chi connectivity index (χ4v) is 11.2. The van der Waals surface area contributed by atoms with Gasteiger partial charge in [0.15, 0.2) is 0 Å². The van der Waals surface area contributed by atoms with Crippen molar-refractivity contribution in [3.8, 4) is 0 Å². The Bertz CT molecular complexity index is 811. The number of likely N-dealkylation sites (N-methyl/N-ethyl adjacent to an activating group) is 1. The average molecular weight is 436 g/mol. The lowest BCUT2D eigenvalue weighted by atomic mass is 9.43. The van der Waals surface area contributed by atoms with Crippen LogP contribution in [0.25, 0.3) is 0 Å². The van der Waals surface area contributed by atoms with Crippen LogP contribution in [0.1, 0.15) is 39.5 Å². The van der Waals surface area contributed by atoms with Gasteiger partial charge < -0.3 is 29.2 Å². The lowest BCUT2D eigenvalue weighted by molar-refractivity contribution is -0.282. The molecule has 3 spiro atoms. The van der Waals surface area contributed by atoms with Gasteiger partial charge in [-0.1, -0.05) is 13.8 Å². The molecule has 7 fully saturated rings. The van der Waals surface area contributed by atoms with Crippen molar-refractivity contribution in [1.29, 1.82) is 0 Å². The number of methoxy groups -OCH3 is 2. The maximum atomic E-state index is 12.3. The minimum absolute atomic E-state index is 0.00943. The Morgan fingerprint density at radius 1 is 1.16 bits per heavy atom. The Hall–Kier alpha value is -0.280. The van der Waals surface area contributed by atoms with Crippen molar-refractivity contribution >= 4 is 0 Å². The topological polar surface area (TPSA) is 80.6 Å². The molecular weight excluding hydrogens is 398 g/mol. The number of hydrogen-bond donors (Lipinski definition) is 2. The molecule has 2 saturated heterocycles. The molecule has 5 saturated carbocycles. The molecule has 2 N–H and O–H groups in total. The molecule has 0 aromatic heterocycles. The SMILES string of the molecule is CCN1CC2(C)CCC(OC)C34C5CC6C(O)CC7(OCOC7(C(O)C23)C14)C5C6OC. The van der Waals surface area contributed by atoms with Crippen molar-refractivity contribution in [3.05, 3.63) is 0 Å². The van der Waals surface area contributed by atoms with Gasteiger partial charge in [-0.2, -0.15) is 0 Å². The van der Waals surface area contributed by atoms with E-state index in [1.54, 1.807) is 7.11 Å². The van der Waals surface area contributed by atoms with Crippen LogP contribution in [0.3, 0.4) is 0 Å². The third-order valence-corrected chi connectivity index (χ3v) is 11.6. The monoisotopic (exact) mass is 435 g/mol. The summed E-state index contributed by atoms with van der Waals surface area (Å²) in [7, 11) is 3.62. The number of nitrogens with zero attached hydrogens (tertiary/aromatic N) is 1. The summed E-state index contributed by atoms with van der Waals surface area (Å²) >= 11 is 0. The fourth-order valence-electron chi connectivity index (χ4n) is 11.2. The number of fused-ring (bicyclic) bond motifs is 1. The van der Waals surface area contributed by atoms with Gasteiger partial charge >= 0.3 is 0 Å². The molecule has 2 aliphatic heterocycles. The highest BCUT2D eigenvalue weighted by atomic mass is 16.7. The lowest BCUT2D eigenvalue weighted by Crippen LogP contribution is -2.80. The molecule has 7 aliphatic rings. The predicted octanol–water partition coefficient (Wildman–Crippen LogP) is 1.01. The molecule has 0 amide bonds. The molecule has 13 atom stereocenters. The quantitative estimate of drug-likeness (QED) is 0.685. The normalized spacial score (nSPS) is 65.8. The van der Waals surface area contributed by atoms with Crippen LogP contribution < -0.4 is 0 Å². The van der Waals surface area contributed by atoms with Gasteiger partial charge in [-0.3, -0.25) is 4.90 Å². The zero-order valence-corrected chi connectivity index (χ0v) is 19.1. The molecule has 31 heavy (non-hydrogen) atoms. The van der Waals surface area contributed by atoms with E-state index in [1.807, 2.05) is 7.11 Å². The first-order valence-electron chi connectivity index (χ1n) is 12.3. The molecule has 0 aromatic carbocycles. The van der Waals surface area contributed by atoms with Gasteiger partial charge in [0.25, 0.3) is 0 Å². The molecule has 13 unspecified atom stereocenters. The van der Waals surface area contributed by atoms with Crippen LogP contribution in [0.5, 0.6) is 0 Å². The first-order chi connectivity index (χ1) is 14.9. The maximum Gasteiger partial charge on any atom is 0.148 e. The summed E-state index contributed by atoms with van der Waals surface area (Å²) in [5.41, 5.74) is -1.77. The third kappa shape index (κ3) is 1.74. The number of likely N-dealkylation sites (tertiary alicyclic amines) is 1. The minimum atomic E-state index is -0.846. The fraction of sp³-hybridized carbons (Fsp3) is 1.00.